The highest BCUT2D eigenvalue weighted by Crippen LogP contribution is 2.47. The number of benzene rings is 3. The number of aryl methyl sites for hydroxylation is 2. The van der Waals surface area contributed by atoms with Gasteiger partial charge >= 0.3 is 0 Å². The number of anilines is 2. The van der Waals surface area contributed by atoms with Crippen molar-refractivity contribution >= 4 is 23.2 Å². The first-order valence-corrected chi connectivity index (χ1v) is 10.1. The maximum atomic E-state index is 13.5. The number of carbonyl (C=O) groups is 2. The third kappa shape index (κ3) is 2.90. The molecule has 0 saturated carbocycles. The Morgan fingerprint density at radius 2 is 1.43 bits per heavy atom. The molecule has 0 bridgehead atoms. The summed E-state index contributed by atoms with van der Waals surface area (Å²) in [5.41, 5.74) is 4.49. The van der Waals surface area contributed by atoms with Crippen molar-refractivity contribution in [2.45, 2.75) is 26.0 Å². The summed E-state index contributed by atoms with van der Waals surface area (Å²) in [4.78, 5) is 34.2. The summed E-state index contributed by atoms with van der Waals surface area (Å²) in [7, 11) is 0. The van der Waals surface area contributed by atoms with Gasteiger partial charge in [-0.3, -0.25) is 14.4 Å². The highest BCUT2D eigenvalue weighted by molar-refractivity contribution is 6.23. The average Bonchev–Trinajstić information content (AvgIpc) is 3.26. The van der Waals surface area contributed by atoms with Gasteiger partial charge in [0.15, 0.2) is 6.10 Å². The van der Waals surface area contributed by atoms with Crippen LogP contribution in [0.2, 0.25) is 0 Å². The summed E-state index contributed by atoms with van der Waals surface area (Å²) in [6, 6.07) is 24.7. The van der Waals surface area contributed by atoms with Crippen LogP contribution in [0.25, 0.3) is 0 Å². The summed E-state index contributed by atoms with van der Waals surface area (Å²) < 4.78 is 0. The number of para-hydroxylation sites is 1. The lowest BCUT2D eigenvalue weighted by Gasteiger charge is -2.28. The SMILES string of the molecule is Cc1ccc([C@@H]2[C@H]3C(=O)N(c4cccc(C)c4)C(=O)[C@H]3ON2c2ccccc2)cc1. The second-order valence-electron chi connectivity index (χ2n) is 7.92. The molecule has 0 aliphatic carbocycles. The minimum atomic E-state index is -0.843. The molecule has 3 aromatic rings. The molecule has 2 heterocycles. The zero-order valence-electron chi connectivity index (χ0n) is 16.9. The minimum Gasteiger partial charge on any atom is -0.273 e. The zero-order valence-corrected chi connectivity index (χ0v) is 16.9. The number of rotatable bonds is 3. The Hall–Kier alpha value is -3.44. The molecule has 5 nitrogen and oxygen atoms in total. The molecule has 0 radical (unpaired) electrons. The van der Waals surface area contributed by atoms with Crippen molar-refractivity contribution < 1.29 is 14.4 Å². The van der Waals surface area contributed by atoms with Crippen LogP contribution >= 0.6 is 0 Å². The summed E-state index contributed by atoms with van der Waals surface area (Å²) in [6.07, 6.45) is -0.843. The van der Waals surface area contributed by atoms with Crippen molar-refractivity contribution in [2.75, 3.05) is 9.96 Å². The van der Waals surface area contributed by atoms with Crippen molar-refractivity contribution in [3.8, 4) is 0 Å². The second kappa shape index (κ2) is 7.11. The molecule has 2 aliphatic rings. The van der Waals surface area contributed by atoms with Gasteiger partial charge in [0, 0.05) is 0 Å². The number of hydroxylamine groups is 1. The molecular weight excluding hydrogens is 376 g/mol. The molecular formula is C25H22N2O3. The fourth-order valence-corrected chi connectivity index (χ4v) is 4.34. The van der Waals surface area contributed by atoms with E-state index in [1.165, 1.54) is 4.90 Å². The van der Waals surface area contributed by atoms with E-state index in [2.05, 4.69) is 0 Å². The maximum Gasteiger partial charge on any atom is 0.266 e. The van der Waals surface area contributed by atoms with E-state index in [4.69, 9.17) is 4.84 Å². The molecule has 3 atom stereocenters. The Morgan fingerprint density at radius 1 is 0.733 bits per heavy atom. The van der Waals surface area contributed by atoms with E-state index in [-0.39, 0.29) is 17.9 Å². The maximum absolute atomic E-state index is 13.5. The predicted octanol–water partition coefficient (Wildman–Crippen LogP) is 4.35. The molecule has 2 saturated heterocycles. The lowest BCUT2D eigenvalue weighted by atomic mass is 9.90. The van der Waals surface area contributed by atoms with E-state index >= 15 is 0 Å². The van der Waals surface area contributed by atoms with E-state index in [0.29, 0.717) is 5.69 Å². The van der Waals surface area contributed by atoms with Crippen molar-refractivity contribution in [1.29, 1.82) is 0 Å². The van der Waals surface area contributed by atoms with Crippen LogP contribution in [0.4, 0.5) is 11.4 Å². The molecule has 30 heavy (non-hydrogen) atoms. The number of carbonyl (C=O) groups excluding carboxylic acids is 2. The minimum absolute atomic E-state index is 0.223. The van der Waals surface area contributed by atoms with Gasteiger partial charge in [-0.15, -0.1) is 0 Å². The quantitative estimate of drug-likeness (QED) is 0.616. The van der Waals surface area contributed by atoms with Crippen molar-refractivity contribution in [2.24, 2.45) is 5.92 Å². The van der Waals surface area contributed by atoms with Crippen LogP contribution in [0, 0.1) is 19.8 Å². The molecule has 3 aromatic carbocycles. The van der Waals surface area contributed by atoms with Crippen LogP contribution < -0.4 is 9.96 Å². The molecule has 0 unspecified atom stereocenters. The van der Waals surface area contributed by atoms with E-state index in [0.717, 1.165) is 22.4 Å². The van der Waals surface area contributed by atoms with Gasteiger partial charge < -0.3 is 0 Å². The Bertz CT molecular complexity index is 1110. The zero-order chi connectivity index (χ0) is 20.8. The first-order valence-electron chi connectivity index (χ1n) is 10.1. The molecule has 5 heteroatoms. The van der Waals surface area contributed by atoms with Crippen molar-refractivity contribution in [3.05, 3.63) is 95.6 Å². The van der Waals surface area contributed by atoms with Crippen LogP contribution in [-0.2, 0) is 14.4 Å². The van der Waals surface area contributed by atoms with Gasteiger partial charge in [0.2, 0.25) is 5.91 Å². The van der Waals surface area contributed by atoms with Crippen LogP contribution in [0.15, 0.2) is 78.9 Å². The fraction of sp³-hybridized carbons (Fsp3) is 0.200. The normalized spacial score (nSPS) is 23.2. The van der Waals surface area contributed by atoms with Crippen LogP contribution in [-0.4, -0.2) is 17.9 Å². The van der Waals surface area contributed by atoms with Gasteiger partial charge in [-0.05, 0) is 49.2 Å². The van der Waals surface area contributed by atoms with Gasteiger partial charge in [-0.2, -0.15) is 0 Å². The third-order valence-electron chi connectivity index (χ3n) is 5.80. The van der Waals surface area contributed by atoms with Gasteiger partial charge in [0.1, 0.15) is 5.92 Å². The number of imide groups is 1. The number of amides is 2. The first kappa shape index (κ1) is 18.6. The number of hydrogen-bond acceptors (Lipinski definition) is 4. The Labute approximate surface area is 175 Å². The molecule has 0 aromatic heterocycles. The Kier molecular flexibility index (Phi) is 4.40. The van der Waals surface area contributed by atoms with Crippen LogP contribution in [0.5, 0.6) is 0 Å². The first-order chi connectivity index (χ1) is 14.5. The molecule has 0 spiro atoms. The average molecular weight is 398 g/mol. The fourth-order valence-electron chi connectivity index (χ4n) is 4.34. The predicted molar refractivity (Wildman–Crippen MR) is 115 cm³/mol. The van der Waals surface area contributed by atoms with Crippen LogP contribution in [0.1, 0.15) is 22.7 Å². The smallest absolute Gasteiger partial charge is 0.266 e. The lowest BCUT2D eigenvalue weighted by Crippen LogP contribution is -2.37. The standard InChI is InChI=1S/C25H22N2O3/c1-16-11-13-18(14-12-16)22-21-23(30-27(22)19-8-4-3-5-9-19)25(29)26(24(21)28)20-10-6-7-17(2)15-20/h3-15,21-23H,1-2H3/t21-,22-,23+/m1/s1. The lowest BCUT2D eigenvalue weighted by molar-refractivity contribution is -0.126. The van der Waals surface area contributed by atoms with E-state index in [1.54, 1.807) is 11.1 Å². The highest BCUT2D eigenvalue weighted by atomic mass is 16.7. The number of fused-ring (bicyclic) bond motifs is 1. The summed E-state index contributed by atoms with van der Waals surface area (Å²) in [5, 5.41) is 1.73. The van der Waals surface area contributed by atoms with Crippen molar-refractivity contribution in [3.63, 3.8) is 0 Å². The van der Waals surface area contributed by atoms with Gasteiger partial charge in [-0.25, -0.2) is 9.96 Å². The van der Waals surface area contributed by atoms with Gasteiger partial charge in [0.05, 0.1) is 17.4 Å². The third-order valence-corrected chi connectivity index (χ3v) is 5.80. The van der Waals surface area contributed by atoms with Crippen molar-refractivity contribution in [1.82, 2.24) is 0 Å². The number of nitrogens with zero attached hydrogens (tertiary/aromatic N) is 2. The molecule has 150 valence electrons. The second-order valence-corrected chi connectivity index (χ2v) is 7.92. The Balaban J connectivity index is 1.59. The van der Waals surface area contributed by atoms with Crippen LogP contribution in [0.3, 0.4) is 0 Å². The number of hydrogen-bond donors (Lipinski definition) is 0. The van der Waals surface area contributed by atoms with Gasteiger partial charge in [-0.1, -0.05) is 60.2 Å². The molecule has 0 N–H and O–H groups in total. The van der Waals surface area contributed by atoms with E-state index in [9.17, 15) is 9.59 Å². The molecule has 5 rings (SSSR count). The van der Waals surface area contributed by atoms with E-state index in [1.807, 2.05) is 86.6 Å². The van der Waals surface area contributed by atoms with E-state index < -0.39 is 12.0 Å². The molecule has 2 amide bonds. The highest BCUT2D eigenvalue weighted by Gasteiger charge is 2.60. The summed E-state index contributed by atoms with van der Waals surface area (Å²) >= 11 is 0. The Morgan fingerprint density at radius 3 is 2.13 bits per heavy atom. The largest absolute Gasteiger partial charge is 0.273 e. The molecule has 2 fully saturated rings. The monoisotopic (exact) mass is 398 g/mol. The van der Waals surface area contributed by atoms with Gasteiger partial charge in [0.25, 0.3) is 5.91 Å². The summed E-state index contributed by atoms with van der Waals surface area (Å²) in [5.74, 6) is -1.15. The topological polar surface area (TPSA) is 49.9 Å². The summed E-state index contributed by atoms with van der Waals surface area (Å²) in [6.45, 7) is 3.97. The molecule has 2 aliphatic heterocycles.